The average Bonchev–Trinajstić information content (AvgIpc) is 2.87. The van der Waals surface area contributed by atoms with E-state index in [-0.39, 0.29) is 0 Å². The molecule has 0 N–H and O–H groups in total. The first-order chi connectivity index (χ1) is 10.3. The van der Waals surface area contributed by atoms with Crippen LogP contribution in [0.1, 0.15) is 11.4 Å². The molecular weight excluding hydrogens is 280 g/mol. The van der Waals surface area contributed by atoms with Gasteiger partial charge in [-0.1, -0.05) is 6.07 Å². The molecule has 0 atom stereocenters. The van der Waals surface area contributed by atoms with E-state index >= 15 is 0 Å². The van der Waals surface area contributed by atoms with E-state index in [0.29, 0.717) is 0 Å². The normalized spacial score (nSPS) is 11.8. The van der Waals surface area contributed by atoms with Crippen LogP contribution >= 0.6 is 11.3 Å². The standard InChI is InChI=1S/C16H16N4S/c1-13-12-21-16(19-15-6-4-8-17-11-15)20(13)10-7-14-5-2-3-9-18-14/h2-6,8-9,11-12H,7,10H2,1H3. The van der Waals surface area contributed by atoms with Crippen LogP contribution in [0.15, 0.2) is 59.3 Å². The fourth-order valence-corrected chi connectivity index (χ4v) is 3.00. The van der Waals surface area contributed by atoms with Crippen LogP contribution in [-0.2, 0) is 13.0 Å². The molecule has 3 rings (SSSR count). The second kappa shape index (κ2) is 6.45. The molecule has 21 heavy (non-hydrogen) atoms. The lowest BCUT2D eigenvalue weighted by Gasteiger charge is -2.05. The summed E-state index contributed by atoms with van der Waals surface area (Å²) in [5, 5.41) is 2.13. The number of aryl methyl sites for hydroxylation is 2. The second-order valence-corrected chi connectivity index (χ2v) is 5.54. The molecule has 0 bridgehead atoms. The minimum atomic E-state index is 0.880. The number of rotatable bonds is 4. The highest BCUT2D eigenvalue weighted by molar-refractivity contribution is 7.07. The summed E-state index contributed by atoms with van der Waals surface area (Å²) in [6.45, 7) is 2.99. The van der Waals surface area contributed by atoms with Gasteiger partial charge in [0.25, 0.3) is 0 Å². The van der Waals surface area contributed by atoms with Gasteiger partial charge in [0.1, 0.15) is 0 Å². The van der Waals surface area contributed by atoms with Crippen molar-refractivity contribution in [1.29, 1.82) is 0 Å². The van der Waals surface area contributed by atoms with Gasteiger partial charge in [-0.25, -0.2) is 4.99 Å². The highest BCUT2D eigenvalue weighted by atomic mass is 32.1. The smallest absolute Gasteiger partial charge is 0.190 e. The van der Waals surface area contributed by atoms with Crippen molar-refractivity contribution in [1.82, 2.24) is 14.5 Å². The average molecular weight is 296 g/mol. The molecule has 3 heterocycles. The van der Waals surface area contributed by atoms with Crippen molar-refractivity contribution in [3.63, 3.8) is 0 Å². The van der Waals surface area contributed by atoms with Gasteiger partial charge in [0, 0.05) is 42.1 Å². The van der Waals surface area contributed by atoms with E-state index in [1.807, 2.05) is 30.5 Å². The van der Waals surface area contributed by atoms with Crippen LogP contribution in [0.25, 0.3) is 0 Å². The van der Waals surface area contributed by atoms with Crippen LogP contribution in [-0.4, -0.2) is 14.5 Å². The van der Waals surface area contributed by atoms with E-state index in [1.165, 1.54) is 5.69 Å². The Balaban J connectivity index is 1.86. The summed E-state index contributed by atoms with van der Waals surface area (Å²) in [7, 11) is 0. The number of hydrogen-bond acceptors (Lipinski definition) is 4. The molecule has 0 aromatic carbocycles. The molecule has 3 aromatic rings. The van der Waals surface area contributed by atoms with E-state index in [2.05, 4.69) is 37.9 Å². The summed E-state index contributed by atoms with van der Waals surface area (Å²) >= 11 is 1.65. The maximum Gasteiger partial charge on any atom is 0.190 e. The van der Waals surface area contributed by atoms with E-state index in [0.717, 1.165) is 29.1 Å². The fraction of sp³-hybridized carbons (Fsp3) is 0.188. The first kappa shape index (κ1) is 13.7. The molecule has 3 aromatic heterocycles. The zero-order valence-corrected chi connectivity index (χ0v) is 12.6. The molecule has 0 aliphatic heterocycles. The van der Waals surface area contributed by atoms with Crippen LogP contribution in [0.5, 0.6) is 0 Å². The molecule has 5 heteroatoms. The van der Waals surface area contributed by atoms with Gasteiger partial charge in [-0.2, -0.15) is 0 Å². The summed E-state index contributed by atoms with van der Waals surface area (Å²) in [5.74, 6) is 0. The zero-order chi connectivity index (χ0) is 14.5. The minimum Gasteiger partial charge on any atom is -0.321 e. The van der Waals surface area contributed by atoms with E-state index in [4.69, 9.17) is 0 Å². The molecule has 0 saturated heterocycles. The van der Waals surface area contributed by atoms with Gasteiger partial charge in [-0.3, -0.25) is 9.97 Å². The number of aromatic nitrogens is 3. The predicted octanol–water partition coefficient (Wildman–Crippen LogP) is 3.12. The van der Waals surface area contributed by atoms with Gasteiger partial charge < -0.3 is 4.57 Å². The molecule has 0 amide bonds. The van der Waals surface area contributed by atoms with Crippen LogP contribution in [0.2, 0.25) is 0 Å². The first-order valence-electron chi connectivity index (χ1n) is 6.82. The minimum absolute atomic E-state index is 0.880. The van der Waals surface area contributed by atoms with E-state index in [1.54, 1.807) is 23.7 Å². The summed E-state index contributed by atoms with van der Waals surface area (Å²) in [5.41, 5.74) is 3.20. The third-order valence-electron chi connectivity index (χ3n) is 3.18. The Morgan fingerprint density at radius 3 is 2.90 bits per heavy atom. The van der Waals surface area contributed by atoms with Gasteiger partial charge in [-0.05, 0) is 31.2 Å². The van der Waals surface area contributed by atoms with Crippen molar-refractivity contribution in [3.05, 3.63) is 70.5 Å². The Hall–Kier alpha value is -2.27. The Bertz CT molecular complexity index is 760. The molecule has 4 nitrogen and oxygen atoms in total. The van der Waals surface area contributed by atoms with Crippen LogP contribution in [0, 0.1) is 6.92 Å². The Kier molecular flexibility index (Phi) is 4.21. The first-order valence-corrected chi connectivity index (χ1v) is 7.70. The van der Waals surface area contributed by atoms with Gasteiger partial charge in [0.05, 0.1) is 11.9 Å². The maximum absolute atomic E-state index is 4.67. The van der Waals surface area contributed by atoms with Crippen LogP contribution < -0.4 is 4.80 Å². The van der Waals surface area contributed by atoms with E-state index < -0.39 is 0 Å². The van der Waals surface area contributed by atoms with Crippen LogP contribution in [0.3, 0.4) is 0 Å². The second-order valence-electron chi connectivity index (χ2n) is 4.71. The quantitative estimate of drug-likeness (QED) is 0.742. The third kappa shape index (κ3) is 3.44. The van der Waals surface area contributed by atoms with Crippen LogP contribution in [0.4, 0.5) is 5.69 Å². The zero-order valence-electron chi connectivity index (χ0n) is 11.8. The summed E-state index contributed by atoms with van der Waals surface area (Å²) in [4.78, 5) is 14.1. The lowest BCUT2D eigenvalue weighted by Crippen LogP contribution is -2.17. The molecule has 0 spiro atoms. The number of nitrogens with zero attached hydrogens (tertiary/aromatic N) is 4. The number of hydrogen-bond donors (Lipinski definition) is 0. The largest absolute Gasteiger partial charge is 0.321 e. The van der Waals surface area contributed by atoms with Gasteiger partial charge in [0.15, 0.2) is 4.80 Å². The number of thiazole rings is 1. The fourth-order valence-electron chi connectivity index (χ4n) is 2.08. The van der Waals surface area contributed by atoms with Crippen molar-refractivity contribution < 1.29 is 0 Å². The Labute approximate surface area is 127 Å². The van der Waals surface area contributed by atoms with Crippen molar-refractivity contribution in [2.24, 2.45) is 4.99 Å². The molecule has 0 aliphatic carbocycles. The van der Waals surface area contributed by atoms with E-state index in [9.17, 15) is 0 Å². The maximum atomic E-state index is 4.67. The topological polar surface area (TPSA) is 43.1 Å². The van der Waals surface area contributed by atoms with Gasteiger partial charge in [-0.15, -0.1) is 11.3 Å². The highest BCUT2D eigenvalue weighted by Gasteiger charge is 2.02. The summed E-state index contributed by atoms with van der Waals surface area (Å²) in [6, 6.07) is 9.88. The van der Waals surface area contributed by atoms with Gasteiger partial charge in [0.2, 0.25) is 0 Å². The molecule has 0 fully saturated rings. The summed E-state index contributed by atoms with van der Waals surface area (Å²) in [6.07, 6.45) is 6.27. The Morgan fingerprint density at radius 1 is 1.19 bits per heavy atom. The predicted molar refractivity (Wildman–Crippen MR) is 84.4 cm³/mol. The summed E-state index contributed by atoms with van der Waals surface area (Å²) < 4.78 is 2.23. The molecule has 0 aliphatic rings. The van der Waals surface area contributed by atoms with Crippen molar-refractivity contribution in [2.75, 3.05) is 0 Å². The lowest BCUT2D eigenvalue weighted by molar-refractivity contribution is 0.650. The SMILES string of the molecule is Cc1csc(=Nc2cccnc2)n1CCc1ccccn1. The van der Waals surface area contributed by atoms with Crippen molar-refractivity contribution in [2.45, 2.75) is 19.9 Å². The lowest BCUT2D eigenvalue weighted by atomic mass is 10.2. The monoisotopic (exact) mass is 296 g/mol. The molecular formula is C16H16N4S. The molecule has 0 radical (unpaired) electrons. The van der Waals surface area contributed by atoms with Gasteiger partial charge >= 0.3 is 0 Å². The third-order valence-corrected chi connectivity index (χ3v) is 4.16. The molecule has 0 saturated carbocycles. The highest BCUT2D eigenvalue weighted by Crippen LogP contribution is 2.09. The number of pyridine rings is 2. The Morgan fingerprint density at radius 2 is 2.14 bits per heavy atom. The van der Waals surface area contributed by atoms with Crippen molar-refractivity contribution in [3.8, 4) is 0 Å². The molecule has 0 unspecified atom stereocenters. The molecule has 106 valence electrons. The van der Waals surface area contributed by atoms with Crippen molar-refractivity contribution >= 4 is 17.0 Å².